The van der Waals surface area contributed by atoms with Crippen molar-refractivity contribution in [2.75, 3.05) is 13.1 Å². The Morgan fingerprint density at radius 3 is 2.87 bits per heavy atom. The van der Waals surface area contributed by atoms with E-state index in [1.807, 2.05) is 11.3 Å². The van der Waals surface area contributed by atoms with Gasteiger partial charge in [-0.25, -0.2) is 0 Å². The minimum Gasteiger partial charge on any atom is -0.355 e. The van der Waals surface area contributed by atoms with Gasteiger partial charge in [0.1, 0.15) is 0 Å². The Morgan fingerprint density at radius 2 is 2.33 bits per heavy atom. The van der Waals surface area contributed by atoms with Crippen molar-refractivity contribution in [2.45, 2.75) is 26.8 Å². The van der Waals surface area contributed by atoms with Gasteiger partial charge >= 0.3 is 0 Å². The SMILES string of the molecule is Cc1cc(C(C)NC2=NCCN2)c(C)s1. The first-order valence-corrected chi connectivity index (χ1v) is 6.10. The number of aliphatic imine (C=N–C) groups is 1. The summed E-state index contributed by atoms with van der Waals surface area (Å²) in [5.74, 6) is 0.936. The summed E-state index contributed by atoms with van der Waals surface area (Å²) in [4.78, 5) is 7.10. The largest absolute Gasteiger partial charge is 0.355 e. The molecule has 1 atom stereocenters. The Hall–Kier alpha value is -1.03. The van der Waals surface area contributed by atoms with Gasteiger partial charge in [0.15, 0.2) is 5.96 Å². The van der Waals surface area contributed by atoms with E-state index in [4.69, 9.17) is 0 Å². The molecule has 0 saturated heterocycles. The van der Waals surface area contributed by atoms with Crippen LogP contribution in [0.5, 0.6) is 0 Å². The molecule has 1 aliphatic heterocycles. The van der Waals surface area contributed by atoms with Crippen molar-refractivity contribution in [3.63, 3.8) is 0 Å². The summed E-state index contributed by atoms with van der Waals surface area (Å²) in [6.45, 7) is 8.35. The normalized spacial score (nSPS) is 17.1. The van der Waals surface area contributed by atoms with Crippen molar-refractivity contribution in [1.29, 1.82) is 0 Å². The lowest BCUT2D eigenvalue weighted by molar-refractivity contribution is 0.701. The molecule has 0 saturated carbocycles. The van der Waals surface area contributed by atoms with E-state index in [-0.39, 0.29) is 0 Å². The third-order valence-electron chi connectivity index (χ3n) is 2.57. The van der Waals surface area contributed by atoms with Crippen molar-refractivity contribution in [1.82, 2.24) is 10.6 Å². The van der Waals surface area contributed by atoms with Crippen molar-refractivity contribution in [2.24, 2.45) is 4.99 Å². The van der Waals surface area contributed by atoms with E-state index in [2.05, 4.69) is 42.5 Å². The molecule has 1 aromatic heterocycles. The maximum atomic E-state index is 4.34. The van der Waals surface area contributed by atoms with E-state index in [9.17, 15) is 0 Å². The van der Waals surface area contributed by atoms with Gasteiger partial charge in [0.05, 0.1) is 12.6 Å². The van der Waals surface area contributed by atoms with E-state index in [1.54, 1.807) is 0 Å². The van der Waals surface area contributed by atoms with E-state index < -0.39 is 0 Å². The van der Waals surface area contributed by atoms with Gasteiger partial charge in [-0.05, 0) is 32.4 Å². The molecule has 2 heterocycles. The summed E-state index contributed by atoms with van der Waals surface area (Å²) in [6.07, 6.45) is 0. The molecule has 1 unspecified atom stereocenters. The Bertz CT molecular complexity index is 381. The Labute approximate surface area is 94.6 Å². The molecule has 0 fully saturated rings. The number of nitrogens with one attached hydrogen (secondary N) is 2. The van der Waals surface area contributed by atoms with Gasteiger partial charge in [0, 0.05) is 16.3 Å². The molecule has 1 aliphatic rings. The van der Waals surface area contributed by atoms with Gasteiger partial charge in [-0.2, -0.15) is 0 Å². The lowest BCUT2D eigenvalue weighted by atomic mass is 10.1. The monoisotopic (exact) mass is 223 g/mol. The van der Waals surface area contributed by atoms with Crippen molar-refractivity contribution < 1.29 is 0 Å². The summed E-state index contributed by atoms with van der Waals surface area (Å²) in [7, 11) is 0. The second-order valence-corrected chi connectivity index (χ2v) is 5.35. The topological polar surface area (TPSA) is 36.4 Å². The van der Waals surface area contributed by atoms with Crippen LogP contribution in [-0.2, 0) is 0 Å². The van der Waals surface area contributed by atoms with Gasteiger partial charge in [0.25, 0.3) is 0 Å². The number of hydrogen-bond acceptors (Lipinski definition) is 4. The first kappa shape index (κ1) is 10.5. The molecule has 2 N–H and O–H groups in total. The molecule has 0 radical (unpaired) electrons. The zero-order valence-electron chi connectivity index (χ0n) is 9.42. The average Bonchev–Trinajstić information content (AvgIpc) is 2.75. The summed E-state index contributed by atoms with van der Waals surface area (Å²) >= 11 is 1.86. The van der Waals surface area contributed by atoms with Crippen LogP contribution in [0.2, 0.25) is 0 Å². The lowest BCUT2D eigenvalue weighted by Crippen LogP contribution is -2.35. The Kier molecular flexibility index (Phi) is 2.95. The molecule has 15 heavy (non-hydrogen) atoms. The van der Waals surface area contributed by atoms with Crippen molar-refractivity contribution in [3.05, 3.63) is 21.4 Å². The first-order valence-electron chi connectivity index (χ1n) is 5.28. The number of guanidine groups is 1. The maximum Gasteiger partial charge on any atom is 0.191 e. The minimum atomic E-state index is 0.333. The van der Waals surface area contributed by atoms with Crippen LogP contribution in [0.15, 0.2) is 11.1 Å². The Balaban J connectivity index is 2.07. The smallest absolute Gasteiger partial charge is 0.191 e. The van der Waals surface area contributed by atoms with Crippen LogP contribution >= 0.6 is 11.3 Å². The first-order chi connectivity index (χ1) is 7.16. The molecule has 0 spiro atoms. The molecule has 3 nitrogen and oxygen atoms in total. The molecule has 82 valence electrons. The number of rotatable bonds is 2. The van der Waals surface area contributed by atoms with Crippen LogP contribution in [0.4, 0.5) is 0 Å². The molecule has 1 aromatic rings. The van der Waals surface area contributed by atoms with Crippen LogP contribution in [0.25, 0.3) is 0 Å². The Morgan fingerprint density at radius 1 is 1.53 bits per heavy atom. The number of aryl methyl sites for hydroxylation is 2. The van der Waals surface area contributed by atoms with Crippen molar-refractivity contribution in [3.8, 4) is 0 Å². The highest BCUT2D eigenvalue weighted by Crippen LogP contribution is 2.25. The van der Waals surface area contributed by atoms with E-state index in [0.29, 0.717) is 6.04 Å². The minimum absolute atomic E-state index is 0.333. The van der Waals surface area contributed by atoms with E-state index >= 15 is 0 Å². The molecule has 0 aromatic carbocycles. The predicted octanol–water partition coefficient (Wildman–Crippen LogP) is 1.97. The molecular formula is C11H17N3S. The lowest BCUT2D eigenvalue weighted by Gasteiger charge is -2.15. The fourth-order valence-electron chi connectivity index (χ4n) is 1.86. The average molecular weight is 223 g/mol. The molecular weight excluding hydrogens is 206 g/mol. The van der Waals surface area contributed by atoms with Gasteiger partial charge in [0.2, 0.25) is 0 Å². The summed E-state index contributed by atoms with van der Waals surface area (Å²) < 4.78 is 0. The van der Waals surface area contributed by atoms with Crippen LogP contribution in [0, 0.1) is 13.8 Å². The third-order valence-corrected chi connectivity index (χ3v) is 3.55. The van der Waals surface area contributed by atoms with Gasteiger partial charge < -0.3 is 10.6 Å². The highest BCUT2D eigenvalue weighted by Gasteiger charge is 2.13. The van der Waals surface area contributed by atoms with E-state index in [1.165, 1.54) is 15.3 Å². The third kappa shape index (κ3) is 2.31. The van der Waals surface area contributed by atoms with Crippen molar-refractivity contribution >= 4 is 17.3 Å². The molecule has 0 bridgehead atoms. The highest BCUT2D eigenvalue weighted by atomic mass is 32.1. The quantitative estimate of drug-likeness (QED) is 0.804. The molecule has 4 heteroatoms. The van der Waals surface area contributed by atoms with Crippen LogP contribution in [0.1, 0.15) is 28.3 Å². The van der Waals surface area contributed by atoms with E-state index in [0.717, 1.165) is 19.0 Å². The number of nitrogens with zero attached hydrogens (tertiary/aromatic N) is 1. The highest BCUT2D eigenvalue weighted by molar-refractivity contribution is 7.12. The molecule has 0 aliphatic carbocycles. The summed E-state index contributed by atoms with van der Waals surface area (Å²) in [5, 5.41) is 6.62. The number of thiophene rings is 1. The number of hydrogen-bond donors (Lipinski definition) is 2. The molecule has 0 amide bonds. The zero-order chi connectivity index (χ0) is 10.8. The second-order valence-electron chi connectivity index (χ2n) is 3.89. The predicted molar refractivity (Wildman–Crippen MR) is 65.6 cm³/mol. The van der Waals surface area contributed by atoms with Gasteiger partial charge in [-0.15, -0.1) is 11.3 Å². The maximum absolute atomic E-state index is 4.34. The molecule has 2 rings (SSSR count). The second kappa shape index (κ2) is 4.23. The zero-order valence-corrected chi connectivity index (χ0v) is 10.2. The summed E-state index contributed by atoms with van der Waals surface area (Å²) in [5.41, 5.74) is 1.38. The fourth-order valence-corrected chi connectivity index (χ4v) is 2.88. The van der Waals surface area contributed by atoms with Crippen LogP contribution in [0.3, 0.4) is 0 Å². The summed E-state index contributed by atoms with van der Waals surface area (Å²) in [6, 6.07) is 2.59. The standard InChI is InChI=1S/C11H17N3S/c1-7-6-10(9(3)15-7)8(2)14-11-12-4-5-13-11/h6,8H,4-5H2,1-3H3,(H2,12,13,14). The van der Waals surface area contributed by atoms with Crippen LogP contribution < -0.4 is 10.6 Å². The van der Waals surface area contributed by atoms with Gasteiger partial charge in [-0.1, -0.05) is 0 Å². The fraction of sp³-hybridized carbons (Fsp3) is 0.545. The van der Waals surface area contributed by atoms with Crippen LogP contribution in [-0.4, -0.2) is 19.0 Å². The van der Waals surface area contributed by atoms with Gasteiger partial charge in [-0.3, -0.25) is 4.99 Å².